The van der Waals surface area contributed by atoms with Gasteiger partial charge in [-0.25, -0.2) is 4.79 Å². The van der Waals surface area contributed by atoms with Gasteiger partial charge in [0.25, 0.3) is 5.75 Å². The van der Waals surface area contributed by atoms with Crippen molar-refractivity contribution >= 4 is 17.3 Å². The highest BCUT2D eigenvalue weighted by Gasteiger charge is 2.30. The van der Waals surface area contributed by atoms with Gasteiger partial charge < -0.3 is 16.2 Å². The number of benzene rings is 1. The first-order valence-corrected chi connectivity index (χ1v) is 6.47. The van der Waals surface area contributed by atoms with Crippen LogP contribution in [0.25, 0.3) is 0 Å². The summed E-state index contributed by atoms with van der Waals surface area (Å²) in [6.45, 7) is 0.442. The fourth-order valence-electron chi connectivity index (χ4n) is 1.71. The van der Waals surface area contributed by atoms with E-state index in [4.69, 9.17) is 16.2 Å². The monoisotopic (exact) mass is 312 g/mol. The van der Waals surface area contributed by atoms with Crippen LogP contribution in [0.2, 0.25) is 0 Å². The van der Waals surface area contributed by atoms with Crippen molar-refractivity contribution in [1.29, 1.82) is 0 Å². The zero-order chi connectivity index (χ0) is 16.7. The molecule has 0 fully saturated rings. The van der Waals surface area contributed by atoms with Crippen LogP contribution in [-0.2, 0) is 4.79 Å². The lowest BCUT2D eigenvalue weighted by Gasteiger charge is -2.11. The topological polar surface area (TPSA) is 165 Å². The van der Waals surface area contributed by atoms with Gasteiger partial charge in [-0.2, -0.15) is 0 Å². The van der Waals surface area contributed by atoms with E-state index in [0.29, 0.717) is 19.4 Å². The maximum absolute atomic E-state index is 11.8. The summed E-state index contributed by atoms with van der Waals surface area (Å²) in [6.07, 6.45) is 1.50. The number of nitrogens with two attached hydrogens (primary N) is 2. The molecule has 120 valence electrons. The normalized spacial score (nSPS) is 11.7. The van der Waals surface area contributed by atoms with Crippen molar-refractivity contribution in [2.75, 3.05) is 6.54 Å². The lowest BCUT2D eigenvalue weighted by molar-refractivity contribution is -0.395. The number of carbonyl (C=O) groups is 1. The minimum Gasteiger partial charge on any atom is -0.411 e. The Kier molecular flexibility index (Phi) is 6.35. The van der Waals surface area contributed by atoms with Gasteiger partial charge in [-0.05, 0) is 25.5 Å². The van der Waals surface area contributed by atoms with Gasteiger partial charge in [-0.3, -0.25) is 20.2 Å². The molecule has 10 heteroatoms. The third-order valence-corrected chi connectivity index (χ3v) is 2.84. The lowest BCUT2D eigenvalue weighted by Crippen LogP contribution is -2.34. The molecule has 0 saturated heterocycles. The van der Waals surface area contributed by atoms with Gasteiger partial charge in [0.15, 0.2) is 0 Å². The molecule has 0 aliphatic rings. The van der Waals surface area contributed by atoms with Crippen LogP contribution in [0.5, 0.6) is 5.75 Å². The molecule has 0 bridgehead atoms. The number of nitro groups is 2. The van der Waals surface area contributed by atoms with Gasteiger partial charge in [0.2, 0.25) is 0 Å². The predicted octanol–water partition coefficient (Wildman–Crippen LogP) is 0.865. The van der Waals surface area contributed by atoms with Gasteiger partial charge in [-0.15, -0.1) is 0 Å². The molecule has 0 amide bonds. The molecule has 0 unspecified atom stereocenters. The Bertz CT molecular complexity index is 544. The minimum atomic E-state index is -1.04. The van der Waals surface area contributed by atoms with Crippen LogP contribution in [0.3, 0.4) is 0 Å². The second kappa shape index (κ2) is 8.00. The molecule has 22 heavy (non-hydrogen) atoms. The fourth-order valence-corrected chi connectivity index (χ4v) is 1.71. The Hall–Kier alpha value is -2.59. The van der Waals surface area contributed by atoms with Crippen LogP contribution in [-0.4, -0.2) is 28.4 Å². The van der Waals surface area contributed by atoms with E-state index in [1.54, 1.807) is 0 Å². The quantitative estimate of drug-likeness (QED) is 0.234. The summed E-state index contributed by atoms with van der Waals surface area (Å²) in [7, 11) is 0. The van der Waals surface area contributed by atoms with E-state index >= 15 is 0 Å². The lowest BCUT2D eigenvalue weighted by atomic mass is 10.1. The fraction of sp³-hybridized carbons (Fsp3) is 0.417. The Morgan fingerprint density at radius 3 is 2.18 bits per heavy atom. The predicted molar refractivity (Wildman–Crippen MR) is 76.3 cm³/mol. The first kappa shape index (κ1) is 17.5. The van der Waals surface area contributed by atoms with Crippen LogP contribution in [0.15, 0.2) is 18.2 Å². The van der Waals surface area contributed by atoms with Crippen molar-refractivity contribution in [2.45, 2.75) is 25.3 Å². The number of carbonyl (C=O) groups excluding carboxylic acids is 1. The third kappa shape index (κ3) is 4.46. The summed E-state index contributed by atoms with van der Waals surface area (Å²) in [5, 5.41) is 21.8. The largest absolute Gasteiger partial charge is 0.411 e. The number of unbranched alkanes of at least 4 members (excludes halogenated alkanes) is 1. The maximum Gasteiger partial charge on any atom is 0.328 e. The molecule has 1 aromatic rings. The van der Waals surface area contributed by atoms with E-state index in [9.17, 15) is 25.0 Å². The number of para-hydroxylation sites is 1. The molecule has 0 spiro atoms. The van der Waals surface area contributed by atoms with Crippen molar-refractivity contribution in [3.05, 3.63) is 38.4 Å². The summed E-state index contributed by atoms with van der Waals surface area (Å²) in [5.41, 5.74) is 9.58. The summed E-state index contributed by atoms with van der Waals surface area (Å²) in [5.74, 6) is -1.67. The standard InChI is InChI=1S/C12H16N4O6/c13-7-2-1-4-8(14)12(17)22-11-9(15(18)19)5-3-6-10(11)16(20)21/h3,5-6,8H,1-2,4,7,13-14H2/t8-/m0/s1. The molecule has 0 radical (unpaired) electrons. The Balaban J connectivity index is 2.98. The highest BCUT2D eigenvalue weighted by Crippen LogP contribution is 2.36. The molecule has 1 aromatic carbocycles. The SMILES string of the molecule is NCCCC[C@H](N)C(=O)Oc1c([N+](=O)[O-])cccc1[N+](=O)[O-]. The second-order valence-electron chi connectivity index (χ2n) is 4.45. The van der Waals surface area contributed by atoms with Crippen molar-refractivity contribution < 1.29 is 19.4 Å². The van der Waals surface area contributed by atoms with Crippen LogP contribution >= 0.6 is 0 Å². The molecule has 0 saturated carbocycles. The van der Waals surface area contributed by atoms with Crippen molar-refractivity contribution in [3.8, 4) is 5.75 Å². The number of hydrogen-bond acceptors (Lipinski definition) is 8. The minimum absolute atomic E-state index is 0.268. The number of nitrogens with zero attached hydrogens (tertiary/aromatic N) is 2. The Morgan fingerprint density at radius 2 is 1.73 bits per heavy atom. The summed E-state index contributed by atoms with van der Waals surface area (Å²) in [6, 6.07) is 2.12. The molecule has 4 N–H and O–H groups in total. The van der Waals surface area contributed by atoms with Crippen LogP contribution in [0.1, 0.15) is 19.3 Å². The number of esters is 1. The first-order valence-electron chi connectivity index (χ1n) is 6.47. The molecule has 0 aliphatic heterocycles. The molecule has 1 rings (SSSR count). The molecular weight excluding hydrogens is 296 g/mol. The Labute approximate surface area is 125 Å². The first-order chi connectivity index (χ1) is 10.4. The number of ether oxygens (including phenoxy) is 1. The second-order valence-corrected chi connectivity index (χ2v) is 4.45. The van der Waals surface area contributed by atoms with E-state index in [2.05, 4.69) is 0 Å². The van der Waals surface area contributed by atoms with E-state index < -0.39 is 39.0 Å². The van der Waals surface area contributed by atoms with Crippen LogP contribution in [0.4, 0.5) is 11.4 Å². The zero-order valence-corrected chi connectivity index (χ0v) is 11.6. The van der Waals surface area contributed by atoms with Gasteiger partial charge in [0.1, 0.15) is 6.04 Å². The van der Waals surface area contributed by atoms with E-state index in [-0.39, 0.29) is 6.42 Å². The van der Waals surface area contributed by atoms with Crippen molar-refractivity contribution in [2.24, 2.45) is 11.5 Å². The third-order valence-electron chi connectivity index (χ3n) is 2.84. The van der Waals surface area contributed by atoms with Crippen molar-refractivity contribution in [1.82, 2.24) is 0 Å². The molecule has 0 heterocycles. The average molecular weight is 312 g/mol. The number of rotatable bonds is 8. The molecular formula is C12H16N4O6. The van der Waals surface area contributed by atoms with E-state index in [1.807, 2.05) is 0 Å². The molecule has 0 aliphatic carbocycles. The molecule has 1 atom stereocenters. The summed E-state index contributed by atoms with van der Waals surface area (Å²) < 4.78 is 4.81. The smallest absolute Gasteiger partial charge is 0.328 e. The highest BCUT2D eigenvalue weighted by molar-refractivity contribution is 5.80. The number of hydrogen-bond donors (Lipinski definition) is 2. The number of nitro benzene ring substituents is 2. The molecule has 0 aromatic heterocycles. The van der Waals surface area contributed by atoms with E-state index in [1.165, 1.54) is 0 Å². The van der Waals surface area contributed by atoms with Crippen molar-refractivity contribution in [3.63, 3.8) is 0 Å². The van der Waals surface area contributed by atoms with Gasteiger partial charge in [0, 0.05) is 12.1 Å². The van der Waals surface area contributed by atoms with Gasteiger partial charge in [-0.1, -0.05) is 6.42 Å². The summed E-state index contributed by atoms with van der Waals surface area (Å²) in [4.78, 5) is 31.9. The summed E-state index contributed by atoms with van der Waals surface area (Å²) >= 11 is 0. The van der Waals surface area contributed by atoms with Gasteiger partial charge >= 0.3 is 17.3 Å². The highest BCUT2D eigenvalue weighted by atomic mass is 16.6. The van der Waals surface area contributed by atoms with Crippen LogP contribution in [0, 0.1) is 20.2 Å². The maximum atomic E-state index is 11.8. The Morgan fingerprint density at radius 1 is 1.18 bits per heavy atom. The van der Waals surface area contributed by atoms with Crippen LogP contribution < -0.4 is 16.2 Å². The average Bonchev–Trinajstić information content (AvgIpc) is 2.46. The van der Waals surface area contributed by atoms with E-state index in [0.717, 1.165) is 18.2 Å². The molecule has 10 nitrogen and oxygen atoms in total. The van der Waals surface area contributed by atoms with Gasteiger partial charge in [0.05, 0.1) is 9.85 Å². The zero-order valence-electron chi connectivity index (χ0n) is 11.6.